The monoisotopic (exact) mass is 151 g/mol. The Bertz CT molecular complexity index is 267. The minimum atomic E-state index is 0.214. The molecular weight excluding hydrogens is 142 g/mol. The van der Waals surface area contributed by atoms with Crippen LogP contribution >= 0.6 is 0 Å². The zero-order valence-corrected chi connectivity index (χ0v) is 6.29. The van der Waals surface area contributed by atoms with Crippen molar-refractivity contribution in [3.05, 3.63) is 17.5 Å². The van der Waals surface area contributed by atoms with Crippen LogP contribution in [0, 0.1) is 6.92 Å². The minimum absolute atomic E-state index is 0.214. The van der Waals surface area contributed by atoms with E-state index < -0.39 is 0 Å². The molecule has 0 saturated carbocycles. The van der Waals surface area contributed by atoms with E-state index in [0.717, 1.165) is 17.9 Å². The van der Waals surface area contributed by atoms with Crippen molar-refractivity contribution in [1.82, 2.24) is 4.98 Å². The lowest BCUT2D eigenvalue weighted by atomic mass is 10.2. The number of aromatic nitrogens is 1. The number of aromatic hydroxyl groups is 1. The Balaban J connectivity index is 2.57. The first-order valence-electron chi connectivity index (χ1n) is 3.59. The van der Waals surface area contributed by atoms with Crippen LogP contribution in [0.25, 0.3) is 0 Å². The molecule has 1 aliphatic rings. The van der Waals surface area contributed by atoms with Crippen LogP contribution in [0.1, 0.15) is 11.4 Å². The van der Waals surface area contributed by atoms with Crippen LogP contribution in [0.15, 0.2) is 6.07 Å². The second-order valence-electron chi connectivity index (χ2n) is 2.64. The van der Waals surface area contributed by atoms with Gasteiger partial charge in [-0.05, 0) is 6.92 Å². The highest BCUT2D eigenvalue weighted by Crippen LogP contribution is 2.28. The quantitative estimate of drug-likeness (QED) is 0.602. The molecule has 11 heavy (non-hydrogen) atoms. The number of pyridine rings is 1. The summed E-state index contributed by atoms with van der Waals surface area (Å²) in [5.41, 5.74) is 1.63. The molecule has 0 atom stereocenters. The van der Waals surface area contributed by atoms with Gasteiger partial charge in [-0.1, -0.05) is 0 Å². The molecule has 2 rings (SSSR count). The molecule has 2 heterocycles. The van der Waals surface area contributed by atoms with Gasteiger partial charge in [0.05, 0.1) is 18.0 Å². The van der Waals surface area contributed by atoms with Gasteiger partial charge < -0.3 is 9.84 Å². The lowest BCUT2D eigenvalue weighted by Gasteiger charge is -2.00. The largest absolute Gasteiger partial charge is 0.506 e. The van der Waals surface area contributed by atoms with Crippen molar-refractivity contribution in [2.24, 2.45) is 0 Å². The van der Waals surface area contributed by atoms with Gasteiger partial charge in [0.2, 0.25) is 0 Å². The van der Waals surface area contributed by atoms with E-state index in [1.54, 1.807) is 13.0 Å². The molecule has 0 fully saturated rings. The Morgan fingerprint density at radius 3 is 3.27 bits per heavy atom. The van der Waals surface area contributed by atoms with Crippen molar-refractivity contribution >= 4 is 0 Å². The molecule has 0 radical (unpaired) electrons. The van der Waals surface area contributed by atoms with Crippen LogP contribution in [0.2, 0.25) is 0 Å². The molecule has 1 aliphatic heterocycles. The van der Waals surface area contributed by atoms with E-state index in [-0.39, 0.29) is 5.75 Å². The summed E-state index contributed by atoms with van der Waals surface area (Å²) in [5.74, 6) is 0.943. The van der Waals surface area contributed by atoms with Gasteiger partial charge in [-0.3, -0.25) is 4.98 Å². The fourth-order valence-electron chi connectivity index (χ4n) is 1.19. The topological polar surface area (TPSA) is 42.4 Å². The fraction of sp³-hybridized carbons (Fsp3) is 0.375. The van der Waals surface area contributed by atoms with Crippen molar-refractivity contribution in [3.8, 4) is 11.5 Å². The number of aryl methyl sites for hydroxylation is 1. The second kappa shape index (κ2) is 2.12. The lowest BCUT2D eigenvalue weighted by Crippen LogP contribution is -1.87. The summed E-state index contributed by atoms with van der Waals surface area (Å²) < 4.78 is 5.21. The van der Waals surface area contributed by atoms with Crippen molar-refractivity contribution in [2.45, 2.75) is 13.3 Å². The highest BCUT2D eigenvalue weighted by molar-refractivity contribution is 5.40. The van der Waals surface area contributed by atoms with E-state index >= 15 is 0 Å². The van der Waals surface area contributed by atoms with Crippen molar-refractivity contribution in [3.63, 3.8) is 0 Å². The van der Waals surface area contributed by atoms with Gasteiger partial charge in [-0.25, -0.2) is 0 Å². The average Bonchev–Trinajstić information content (AvgIpc) is 2.36. The molecule has 3 heteroatoms. The van der Waals surface area contributed by atoms with Crippen molar-refractivity contribution < 1.29 is 9.84 Å². The maximum Gasteiger partial charge on any atom is 0.144 e. The standard InChI is InChI=1S/C8H9NO2/c1-5-7(10)4-8-6(9-5)2-3-11-8/h4,10H,2-3H2,1H3. The predicted octanol–water partition coefficient (Wildman–Crippen LogP) is 1.03. The highest BCUT2D eigenvalue weighted by Gasteiger charge is 2.15. The molecule has 0 bridgehead atoms. The van der Waals surface area contributed by atoms with Crippen molar-refractivity contribution in [2.75, 3.05) is 6.61 Å². The number of nitrogens with zero attached hydrogens (tertiary/aromatic N) is 1. The van der Waals surface area contributed by atoms with Crippen LogP contribution in [0.5, 0.6) is 11.5 Å². The smallest absolute Gasteiger partial charge is 0.144 e. The molecule has 0 saturated heterocycles. The summed E-state index contributed by atoms with van der Waals surface area (Å²) in [6, 6.07) is 1.63. The molecule has 58 valence electrons. The van der Waals surface area contributed by atoms with Gasteiger partial charge in [0.25, 0.3) is 0 Å². The zero-order valence-electron chi connectivity index (χ0n) is 6.29. The van der Waals surface area contributed by atoms with Gasteiger partial charge in [0, 0.05) is 12.5 Å². The number of hydrogen-bond donors (Lipinski definition) is 1. The first-order valence-corrected chi connectivity index (χ1v) is 3.59. The van der Waals surface area contributed by atoms with Crippen LogP contribution < -0.4 is 4.74 Å². The van der Waals surface area contributed by atoms with Gasteiger partial charge in [0.1, 0.15) is 11.5 Å². The van der Waals surface area contributed by atoms with E-state index in [1.807, 2.05) is 0 Å². The van der Waals surface area contributed by atoms with Gasteiger partial charge in [0.15, 0.2) is 0 Å². The van der Waals surface area contributed by atoms with Gasteiger partial charge in [-0.15, -0.1) is 0 Å². The van der Waals surface area contributed by atoms with Crippen LogP contribution in [0.4, 0.5) is 0 Å². The van der Waals surface area contributed by atoms with E-state index in [0.29, 0.717) is 12.3 Å². The van der Waals surface area contributed by atoms with Gasteiger partial charge >= 0.3 is 0 Å². The molecule has 0 unspecified atom stereocenters. The Morgan fingerprint density at radius 1 is 1.64 bits per heavy atom. The summed E-state index contributed by atoms with van der Waals surface area (Å²) in [6.45, 7) is 2.47. The molecular formula is C8H9NO2. The fourth-order valence-corrected chi connectivity index (χ4v) is 1.19. The zero-order chi connectivity index (χ0) is 7.84. The van der Waals surface area contributed by atoms with E-state index in [9.17, 15) is 5.11 Å². The summed E-state index contributed by atoms with van der Waals surface area (Å²) in [4.78, 5) is 4.18. The number of ether oxygens (including phenoxy) is 1. The summed E-state index contributed by atoms with van der Waals surface area (Å²) in [5, 5.41) is 9.24. The SMILES string of the molecule is Cc1nc2c(cc1O)OCC2. The Labute approximate surface area is 64.6 Å². The normalized spacial score (nSPS) is 14.3. The summed E-state index contributed by atoms with van der Waals surface area (Å²) in [6.07, 6.45) is 0.858. The van der Waals surface area contributed by atoms with E-state index in [2.05, 4.69) is 4.98 Å². The number of rotatable bonds is 0. The highest BCUT2D eigenvalue weighted by atomic mass is 16.5. The first-order chi connectivity index (χ1) is 5.27. The molecule has 0 spiro atoms. The first kappa shape index (κ1) is 6.46. The number of fused-ring (bicyclic) bond motifs is 1. The summed E-state index contributed by atoms with van der Waals surface area (Å²) in [7, 11) is 0. The third-order valence-electron chi connectivity index (χ3n) is 1.82. The minimum Gasteiger partial charge on any atom is -0.506 e. The Hall–Kier alpha value is -1.25. The number of hydrogen-bond acceptors (Lipinski definition) is 3. The third kappa shape index (κ3) is 0.926. The molecule has 1 aromatic heterocycles. The van der Waals surface area contributed by atoms with E-state index in [4.69, 9.17) is 4.74 Å². The maximum atomic E-state index is 9.24. The molecule has 1 N–H and O–H groups in total. The molecule has 0 amide bonds. The Kier molecular flexibility index (Phi) is 1.24. The van der Waals surface area contributed by atoms with Gasteiger partial charge in [-0.2, -0.15) is 0 Å². The van der Waals surface area contributed by atoms with E-state index in [1.165, 1.54) is 0 Å². The maximum absolute atomic E-state index is 9.24. The molecule has 1 aromatic rings. The second-order valence-corrected chi connectivity index (χ2v) is 2.64. The van der Waals surface area contributed by atoms with Crippen LogP contribution in [0.3, 0.4) is 0 Å². The third-order valence-corrected chi connectivity index (χ3v) is 1.82. The predicted molar refractivity (Wildman–Crippen MR) is 39.8 cm³/mol. The molecule has 3 nitrogen and oxygen atoms in total. The average molecular weight is 151 g/mol. The summed E-state index contributed by atoms with van der Waals surface area (Å²) >= 11 is 0. The molecule has 0 aromatic carbocycles. The lowest BCUT2D eigenvalue weighted by molar-refractivity contribution is 0.354. The van der Waals surface area contributed by atoms with Crippen LogP contribution in [-0.4, -0.2) is 16.7 Å². The van der Waals surface area contributed by atoms with Crippen LogP contribution in [-0.2, 0) is 6.42 Å². The Morgan fingerprint density at radius 2 is 2.45 bits per heavy atom. The molecule has 0 aliphatic carbocycles. The van der Waals surface area contributed by atoms with Crippen molar-refractivity contribution in [1.29, 1.82) is 0 Å².